The van der Waals surface area contributed by atoms with E-state index < -0.39 is 0 Å². The summed E-state index contributed by atoms with van der Waals surface area (Å²) in [6.45, 7) is 7.42. The summed E-state index contributed by atoms with van der Waals surface area (Å²) in [5, 5.41) is 3.53. The molecule has 2 nitrogen and oxygen atoms in total. The standard InChI is InChI=1S/C15H22FNO/c1-4-7-17-13-9-14(10(2)3)18-15-8-11(16)5-6-12(13)15/h5-6,8,10,13-14,17H,4,7,9H2,1-3H3. The van der Waals surface area contributed by atoms with Crippen molar-refractivity contribution in [2.24, 2.45) is 5.92 Å². The number of halogens is 1. The van der Waals surface area contributed by atoms with Gasteiger partial charge in [-0.15, -0.1) is 0 Å². The SMILES string of the molecule is CCCNC1CC(C(C)C)Oc2cc(F)ccc21. The van der Waals surface area contributed by atoms with Gasteiger partial charge >= 0.3 is 0 Å². The van der Waals surface area contributed by atoms with Gasteiger partial charge in [-0.2, -0.15) is 0 Å². The predicted molar refractivity (Wildman–Crippen MR) is 71.3 cm³/mol. The zero-order chi connectivity index (χ0) is 13.1. The molecule has 0 saturated carbocycles. The van der Waals surface area contributed by atoms with Gasteiger partial charge < -0.3 is 10.1 Å². The largest absolute Gasteiger partial charge is 0.490 e. The van der Waals surface area contributed by atoms with Crippen molar-refractivity contribution in [1.82, 2.24) is 5.32 Å². The monoisotopic (exact) mass is 251 g/mol. The number of fused-ring (bicyclic) bond motifs is 1. The molecule has 2 atom stereocenters. The molecule has 0 aliphatic carbocycles. The third-order valence-electron chi connectivity index (χ3n) is 3.48. The van der Waals surface area contributed by atoms with E-state index in [9.17, 15) is 4.39 Å². The maximum absolute atomic E-state index is 13.3. The van der Waals surface area contributed by atoms with Gasteiger partial charge in [0.1, 0.15) is 17.7 Å². The lowest BCUT2D eigenvalue weighted by Gasteiger charge is -2.34. The number of benzene rings is 1. The Bertz CT molecular complexity index is 405. The zero-order valence-corrected chi connectivity index (χ0v) is 11.4. The fraction of sp³-hybridized carbons (Fsp3) is 0.600. The van der Waals surface area contributed by atoms with E-state index in [1.165, 1.54) is 12.1 Å². The van der Waals surface area contributed by atoms with Crippen molar-refractivity contribution in [3.63, 3.8) is 0 Å². The summed E-state index contributed by atoms with van der Waals surface area (Å²) in [7, 11) is 0. The number of rotatable bonds is 4. The Morgan fingerprint density at radius 1 is 1.44 bits per heavy atom. The second-order valence-electron chi connectivity index (χ2n) is 5.32. The second-order valence-corrected chi connectivity index (χ2v) is 5.32. The van der Waals surface area contributed by atoms with Crippen LogP contribution in [0.1, 0.15) is 45.2 Å². The Balaban J connectivity index is 2.25. The number of ether oxygens (including phenoxy) is 1. The van der Waals surface area contributed by atoms with Gasteiger partial charge in [0.25, 0.3) is 0 Å². The van der Waals surface area contributed by atoms with E-state index in [1.807, 2.05) is 6.07 Å². The average Bonchev–Trinajstić information content (AvgIpc) is 2.34. The van der Waals surface area contributed by atoms with Crippen LogP contribution in [0.25, 0.3) is 0 Å². The van der Waals surface area contributed by atoms with Gasteiger partial charge in [-0.05, 0) is 24.9 Å². The van der Waals surface area contributed by atoms with Crippen LogP contribution in [0.15, 0.2) is 18.2 Å². The van der Waals surface area contributed by atoms with Crippen LogP contribution in [0.4, 0.5) is 4.39 Å². The Morgan fingerprint density at radius 3 is 2.89 bits per heavy atom. The molecule has 1 aliphatic rings. The maximum Gasteiger partial charge on any atom is 0.127 e. The summed E-state index contributed by atoms with van der Waals surface area (Å²) in [5.41, 5.74) is 1.08. The lowest BCUT2D eigenvalue weighted by Crippen LogP contribution is -2.36. The molecule has 0 bridgehead atoms. The van der Waals surface area contributed by atoms with Crippen LogP contribution in [0, 0.1) is 11.7 Å². The van der Waals surface area contributed by atoms with Gasteiger partial charge in [0, 0.05) is 24.1 Å². The highest BCUT2D eigenvalue weighted by molar-refractivity contribution is 5.38. The van der Waals surface area contributed by atoms with Crippen LogP contribution >= 0.6 is 0 Å². The summed E-state index contributed by atoms with van der Waals surface area (Å²) in [5.74, 6) is 0.910. The van der Waals surface area contributed by atoms with Crippen molar-refractivity contribution in [3.8, 4) is 5.75 Å². The van der Waals surface area contributed by atoms with Gasteiger partial charge in [-0.25, -0.2) is 4.39 Å². The molecule has 1 aromatic rings. The van der Waals surface area contributed by atoms with Crippen molar-refractivity contribution in [3.05, 3.63) is 29.6 Å². The third kappa shape index (κ3) is 2.83. The molecule has 1 aromatic carbocycles. The predicted octanol–water partition coefficient (Wildman–Crippen LogP) is 3.67. The molecule has 1 heterocycles. The molecule has 18 heavy (non-hydrogen) atoms. The summed E-state index contributed by atoms with van der Waals surface area (Å²) in [6.07, 6.45) is 2.21. The number of hydrogen-bond acceptors (Lipinski definition) is 2. The molecule has 0 saturated heterocycles. The van der Waals surface area contributed by atoms with Crippen molar-refractivity contribution in [1.29, 1.82) is 0 Å². The second kappa shape index (κ2) is 5.70. The molecule has 0 amide bonds. The van der Waals surface area contributed by atoms with E-state index in [1.54, 1.807) is 0 Å². The molecule has 0 aromatic heterocycles. The van der Waals surface area contributed by atoms with Crippen LogP contribution < -0.4 is 10.1 Å². The Morgan fingerprint density at radius 2 is 2.22 bits per heavy atom. The zero-order valence-electron chi connectivity index (χ0n) is 11.4. The molecular weight excluding hydrogens is 229 g/mol. The smallest absolute Gasteiger partial charge is 0.127 e. The van der Waals surface area contributed by atoms with Crippen LogP contribution in [-0.2, 0) is 0 Å². The first-order chi connectivity index (χ1) is 8.61. The van der Waals surface area contributed by atoms with Gasteiger partial charge in [-0.1, -0.05) is 26.8 Å². The minimum atomic E-state index is -0.229. The van der Waals surface area contributed by atoms with Crippen molar-refractivity contribution >= 4 is 0 Å². The molecule has 0 fully saturated rings. The lowest BCUT2D eigenvalue weighted by atomic mass is 9.91. The van der Waals surface area contributed by atoms with E-state index in [0.717, 1.165) is 24.9 Å². The highest BCUT2D eigenvalue weighted by Crippen LogP contribution is 2.37. The minimum Gasteiger partial charge on any atom is -0.490 e. The number of hydrogen-bond donors (Lipinski definition) is 1. The summed E-state index contributed by atoms with van der Waals surface area (Å²) in [4.78, 5) is 0. The first-order valence-electron chi connectivity index (χ1n) is 6.81. The van der Waals surface area contributed by atoms with Crippen LogP contribution in [0.5, 0.6) is 5.75 Å². The first kappa shape index (κ1) is 13.3. The molecule has 2 unspecified atom stereocenters. The molecule has 100 valence electrons. The lowest BCUT2D eigenvalue weighted by molar-refractivity contribution is 0.107. The normalized spacial score (nSPS) is 22.7. The molecule has 3 heteroatoms. The Hall–Kier alpha value is -1.09. The van der Waals surface area contributed by atoms with Crippen LogP contribution in [-0.4, -0.2) is 12.6 Å². The van der Waals surface area contributed by atoms with Gasteiger partial charge in [0.05, 0.1) is 0 Å². The molecule has 1 N–H and O–H groups in total. The van der Waals surface area contributed by atoms with Gasteiger partial charge in [0.15, 0.2) is 0 Å². The van der Waals surface area contributed by atoms with Gasteiger partial charge in [0.2, 0.25) is 0 Å². The van der Waals surface area contributed by atoms with Crippen molar-refractivity contribution in [2.45, 2.75) is 45.8 Å². The van der Waals surface area contributed by atoms with E-state index in [0.29, 0.717) is 11.7 Å². The van der Waals surface area contributed by atoms with Crippen LogP contribution in [0.3, 0.4) is 0 Å². The van der Waals surface area contributed by atoms with E-state index in [4.69, 9.17) is 4.74 Å². The Labute approximate surface area is 109 Å². The summed E-state index contributed by atoms with van der Waals surface area (Å²) >= 11 is 0. The quantitative estimate of drug-likeness (QED) is 0.881. The van der Waals surface area contributed by atoms with Gasteiger partial charge in [-0.3, -0.25) is 0 Å². The maximum atomic E-state index is 13.3. The highest BCUT2D eigenvalue weighted by Gasteiger charge is 2.29. The first-order valence-corrected chi connectivity index (χ1v) is 6.81. The molecular formula is C15H22FNO. The Kier molecular flexibility index (Phi) is 4.23. The fourth-order valence-corrected chi connectivity index (χ4v) is 2.39. The molecule has 2 rings (SSSR count). The fourth-order valence-electron chi connectivity index (χ4n) is 2.39. The van der Waals surface area contributed by atoms with Crippen molar-refractivity contribution in [2.75, 3.05) is 6.54 Å². The minimum absolute atomic E-state index is 0.161. The van der Waals surface area contributed by atoms with Crippen molar-refractivity contribution < 1.29 is 9.13 Å². The van der Waals surface area contributed by atoms with E-state index >= 15 is 0 Å². The summed E-state index contributed by atoms with van der Waals surface area (Å²) < 4.78 is 19.2. The summed E-state index contributed by atoms with van der Waals surface area (Å²) in [6, 6.07) is 5.14. The van der Waals surface area contributed by atoms with E-state index in [-0.39, 0.29) is 18.0 Å². The number of nitrogens with one attached hydrogen (secondary N) is 1. The van der Waals surface area contributed by atoms with E-state index in [2.05, 4.69) is 26.1 Å². The highest BCUT2D eigenvalue weighted by atomic mass is 19.1. The molecule has 0 radical (unpaired) electrons. The van der Waals surface area contributed by atoms with Crippen LogP contribution in [0.2, 0.25) is 0 Å². The average molecular weight is 251 g/mol. The topological polar surface area (TPSA) is 21.3 Å². The third-order valence-corrected chi connectivity index (χ3v) is 3.48. The molecule has 0 spiro atoms. The molecule has 1 aliphatic heterocycles.